The first-order chi connectivity index (χ1) is 9.33. The summed E-state index contributed by atoms with van der Waals surface area (Å²) in [6.45, 7) is 5.71. The molecule has 0 spiro atoms. The molecule has 0 radical (unpaired) electrons. The van der Waals surface area contributed by atoms with Crippen molar-refractivity contribution >= 4 is 11.8 Å². The van der Waals surface area contributed by atoms with Crippen molar-refractivity contribution in [1.82, 2.24) is 10.2 Å². The Balaban J connectivity index is 2.83. The van der Waals surface area contributed by atoms with Crippen molar-refractivity contribution in [2.24, 2.45) is 0 Å². The Morgan fingerprint density at radius 2 is 1.75 bits per heavy atom. The number of amides is 2. The molecular weight excluding hydrogens is 260 g/mol. The molecule has 20 heavy (non-hydrogen) atoms. The van der Waals surface area contributed by atoms with Gasteiger partial charge in [-0.05, 0) is 32.9 Å². The highest BCUT2D eigenvalue weighted by Gasteiger charge is 2.18. The topological polar surface area (TPSA) is 89.9 Å². The zero-order chi connectivity index (χ0) is 15.3. The molecule has 1 aromatic rings. The molecule has 0 fully saturated rings. The zero-order valence-electron chi connectivity index (χ0n) is 11.9. The molecule has 0 unspecified atom stereocenters. The lowest BCUT2D eigenvalue weighted by Crippen LogP contribution is -2.42. The highest BCUT2D eigenvalue weighted by molar-refractivity contribution is 5.97. The van der Waals surface area contributed by atoms with Gasteiger partial charge in [-0.1, -0.05) is 0 Å². The summed E-state index contributed by atoms with van der Waals surface area (Å²) < 4.78 is 0. The van der Waals surface area contributed by atoms with Crippen molar-refractivity contribution in [1.29, 1.82) is 0 Å². The molecule has 0 aliphatic carbocycles. The Morgan fingerprint density at radius 3 is 2.20 bits per heavy atom. The SMILES string of the molecule is CCN(CC(=O)NC(C)C)C(=O)c1cc(O)cc(O)c1. The first-order valence-corrected chi connectivity index (χ1v) is 6.45. The molecule has 0 aliphatic rings. The molecule has 0 bridgehead atoms. The molecule has 1 aromatic carbocycles. The van der Waals surface area contributed by atoms with Gasteiger partial charge in [-0.2, -0.15) is 0 Å². The lowest BCUT2D eigenvalue weighted by atomic mass is 10.1. The van der Waals surface area contributed by atoms with Crippen LogP contribution in [0.2, 0.25) is 0 Å². The van der Waals surface area contributed by atoms with Gasteiger partial charge in [-0.25, -0.2) is 0 Å². The highest BCUT2D eigenvalue weighted by atomic mass is 16.3. The molecule has 0 aromatic heterocycles. The van der Waals surface area contributed by atoms with Gasteiger partial charge < -0.3 is 20.4 Å². The number of carbonyl (C=O) groups excluding carboxylic acids is 2. The standard InChI is InChI=1S/C14H20N2O4/c1-4-16(8-13(19)15-9(2)3)14(20)10-5-11(17)7-12(18)6-10/h5-7,9,17-18H,4,8H2,1-3H3,(H,15,19). The molecule has 0 heterocycles. The van der Waals surface area contributed by atoms with E-state index >= 15 is 0 Å². The number of nitrogens with one attached hydrogen (secondary N) is 1. The Morgan fingerprint density at radius 1 is 1.20 bits per heavy atom. The van der Waals surface area contributed by atoms with Crippen molar-refractivity contribution in [3.8, 4) is 11.5 Å². The molecule has 0 aliphatic heterocycles. The zero-order valence-corrected chi connectivity index (χ0v) is 11.9. The van der Waals surface area contributed by atoms with E-state index in [1.54, 1.807) is 6.92 Å². The fourth-order valence-corrected chi connectivity index (χ4v) is 1.77. The quantitative estimate of drug-likeness (QED) is 0.753. The molecule has 2 amide bonds. The number of nitrogens with zero attached hydrogens (tertiary/aromatic N) is 1. The Hall–Kier alpha value is -2.24. The summed E-state index contributed by atoms with van der Waals surface area (Å²) >= 11 is 0. The average Bonchev–Trinajstić information content (AvgIpc) is 2.33. The van der Waals surface area contributed by atoms with Gasteiger partial charge >= 0.3 is 0 Å². The van der Waals surface area contributed by atoms with Gasteiger partial charge in [0.1, 0.15) is 11.5 Å². The van der Waals surface area contributed by atoms with Crippen LogP contribution in [0.25, 0.3) is 0 Å². The normalized spacial score (nSPS) is 10.4. The van der Waals surface area contributed by atoms with E-state index in [1.807, 2.05) is 13.8 Å². The van der Waals surface area contributed by atoms with E-state index in [0.717, 1.165) is 6.07 Å². The van der Waals surface area contributed by atoms with Gasteiger partial charge in [-0.3, -0.25) is 9.59 Å². The number of phenols is 2. The Bertz CT molecular complexity index is 480. The van der Waals surface area contributed by atoms with E-state index in [-0.39, 0.29) is 35.6 Å². The van der Waals surface area contributed by atoms with Crippen LogP contribution in [-0.4, -0.2) is 46.1 Å². The fraction of sp³-hybridized carbons (Fsp3) is 0.429. The lowest BCUT2D eigenvalue weighted by molar-refractivity contribution is -0.122. The number of hydrogen-bond acceptors (Lipinski definition) is 4. The van der Waals surface area contributed by atoms with Crippen LogP contribution in [-0.2, 0) is 4.79 Å². The van der Waals surface area contributed by atoms with E-state index in [1.165, 1.54) is 17.0 Å². The van der Waals surface area contributed by atoms with Crippen LogP contribution in [0.5, 0.6) is 11.5 Å². The largest absolute Gasteiger partial charge is 0.508 e. The predicted octanol–water partition coefficient (Wildman–Crippen LogP) is 1.08. The first-order valence-electron chi connectivity index (χ1n) is 6.45. The van der Waals surface area contributed by atoms with E-state index in [2.05, 4.69) is 5.32 Å². The third-order valence-corrected chi connectivity index (χ3v) is 2.60. The lowest BCUT2D eigenvalue weighted by Gasteiger charge is -2.21. The predicted molar refractivity (Wildman–Crippen MR) is 74.6 cm³/mol. The molecule has 1 rings (SSSR count). The molecule has 3 N–H and O–H groups in total. The monoisotopic (exact) mass is 280 g/mol. The average molecular weight is 280 g/mol. The third kappa shape index (κ3) is 4.46. The van der Waals surface area contributed by atoms with Crippen LogP contribution in [0.15, 0.2) is 18.2 Å². The van der Waals surface area contributed by atoms with Gasteiger partial charge in [0.25, 0.3) is 5.91 Å². The number of hydrogen-bond donors (Lipinski definition) is 3. The van der Waals surface area contributed by atoms with Gasteiger partial charge in [0.2, 0.25) is 5.91 Å². The van der Waals surface area contributed by atoms with E-state index in [9.17, 15) is 19.8 Å². The number of benzene rings is 1. The molecule has 6 heteroatoms. The minimum atomic E-state index is -0.419. The molecule has 6 nitrogen and oxygen atoms in total. The van der Waals surface area contributed by atoms with Gasteiger partial charge in [0.15, 0.2) is 0 Å². The van der Waals surface area contributed by atoms with Crippen molar-refractivity contribution in [3.05, 3.63) is 23.8 Å². The summed E-state index contributed by atoms with van der Waals surface area (Å²) in [6, 6.07) is 3.65. The summed E-state index contributed by atoms with van der Waals surface area (Å²) in [4.78, 5) is 25.3. The number of carbonyl (C=O) groups is 2. The maximum atomic E-state index is 12.2. The molecule has 110 valence electrons. The smallest absolute Gasteiger partial charge is 0.254 e. The summed E-state index contributed by atoms with van der Waals surface area (Å²) in [7, 11) is 0. The van der Waals surface area contributed by atoms with Crippen molar-refractivity contribution < 1.29 is 19.8 Å². The second kappa shape index (κ2) is 6.79. The maximum Gasteiger partial charge on any atom is 0.254 e. The van der Waals surface area contributed by atoms with Crippen LogP contribution in [0, 0.1) is 0 Å². The van der Waals surface area contributed by atoms with Crippen LogP contribution < -0.4 is 5.32 Å². The summed E-state index contributed by atoms with van der Waals surface area (Å²) in [5, 5.41) is 21.5. The second-order valence-electron chi connectivity index (χ2n) is 4.78. The number of likely N-dealkylation sites (N-methyl/N-ethyl adjacent to an activating group) is 1. The van der Waals surface area contributed by atoms with Crippen LogP contribution in [0.4, 0.5) is 0 Å². The third-order valence-electron chi connectivity index (χ3n) is 2.60. The second-order valence-corrected chi connectivity index (χ2v) is 4.78. The van der Waals surface area contributed by atoms with E-state index < -0.39 is 5.91 Å². The number of phenolic OH excluding ortho intramolecular Hbond substituents is 2. The van der Waals surface area contributed by atoms with Crippen molar-refractivity contribution in [3.63, 3.8) is 0 Å². The van der Waals surface area contributed by atoms with E-state index in [4.69, 9.17) is 0 Å². The first kappa shape index (κ1) is 15.8. The summed E-state index contributed by atoms with van der Waals surface area (Å²) in [6.07, 6.45) is 0. The molecular formula is C14H20N2O4. The van der Waals surface area contributed by atoms with E-state index in [0.29, 0.717) is 6.54 Å². The van der Waals surface area contributed by atoms with Crippen LogP contribution in [0.1, 0.15) is 31.1 Å². The highest BCUT2D eigenvalue weighted by Crippen LogP contribution is 2.21. The van der Waals surface area contributed by atoms with Crippen molar-refractivity contribution in [2.45, 2.75) is 26.8 Å². The number of rotatable bonds is 5. The molecule has 0 atom stereocenters. The van der Waals surface area contributed by atoms with Crippen LogP contribution >= 0.6 is 0 Å². The minimum Gasteiger partial charge on any atom is -0.508 e. The Labute approximate surface area is 118 Å². The van der Waals surface area contributed by atoms with Gasteiger partial charge in [-0.15, -0.1) is 0 Å². The molecule has 0 saturated heterocycles. The summed E-state index contributed by atoms with van der Waals surface area (Å²) in [5.74, 6) is -1.07. The van der Waals surface area contributed by atoms with Gasteiger partial charge in [0, 0.05) is 24.2 Å². The maximum absolute atomic E-state index is 12.2. The van der Waals surface area contributed by atoms with Crippen molar-refractivity contribution in [2.75, 3.05) is 13.1 Å². The van der Waals surface area contributed by atoms with Gasteiger partial charge in [0.05, 0.1) is 6.54 Å². The number of aromatic hydroxyl groups is 2. The fourth-order valence-electron chi connectivity index (χ4n) is 1.77. The van der Waals surface area contributed by atoms with Crippen LogP contribution in [0.3, 0.4) is 0 Å². The summed E-state index contributed by atoms with van der Waals surface area (Å²) in [5.41, 5.74) is 0.140. The Kier molecular flexibility index (Phi) is 5.37. The minimum absolute atomic E-state index is 0.00104. The molecule has 0 saturated carbocycles.